The van der Waals surface area contributed by atoms with Gasteiger partial charge in [-0.1, -0.05) is 12.1 Å². The molecule has 0 heterocycles. The van der Waals surface area contributed by atoms with Gasteiger partial charge in [0.1, 0.15) is 11.8 Å². The Morgan fingerprint density at radius 3 is 2.32 bits per heavy atom. The molecule has 0 saturated heterocycles. The van der Waals surface area contributed by atoms with Crippen LogP contribution in [0.3, 0.4) is 0 Å². The highest BCUT2D eigenvalue weighted by atomic mass is 16.5. The average Bonchev–Trinajstić information content (AvgIpc) is 3.14. The van der Waals surface area contributed by atoms with Crippen LogP contribution >= 0.6 is 0 Å². The van der Waals surface area contributed by atoms with Gasteiger partial charge in [-0.15, -0.1) is 0 Å². The van der Waals surface area contributed by atoms with Gasteiger partial charge in [-0.2, -0.15) is 0 Å². The third-order valence-corrected chi connectivity index (χ3v) is 3.33. The first kappa shape index (κ1) is 13.9. The van der Waals surface area contributed by atoms with E-state index in [9.17, 15) is 9.90 Å². The van der Waals surface area contributed by atoms with E-state index in [1.54, 1.807) is 0 Å². The Morgan fingerprint density at radius 2 is 1.89 bits per heavy atom. The number of nitrogens with zero attached hydrogens (tertiary/aromatic N) is 1. The van der Waals surface area contributed by atoms with Gasteiger partial charge in [-0.25, -0.2) is 0 Å². The second kappa shape index (κ2) is 5.61. The van der Waals surface area contributed by atoms with Gasteiger partial charge in [0, 0.05) is 6.04 Å². The number of rotatable bonds is 6. The summed E-state index contributed by atoms with van der Waals surface area (Å²) in [6.45, 7) is 3.93. The number of carboxylic acids is 1. The van der Waals surface area contributed by atoms with E-state index in [1.807, 2.05) is 50.1 Å². The molecule has 1 saturated carbocycles. The molecule has 104 valence electrons. The Morgan fingerprint density at radius 1 is 1.32 bits per heavy atom. The number of carbonyl (C=O) groups is 1. The van der Waals surface area contributed by atoms with E-state index >= 15 is 0 Å². The minimum absolute atomic E-state index is 0.121. The van der Waals surface area contributed by atoms with Gasteiger partial charge in [0.15, 0.2) is 0 Å². The molecular weight excluding hydrogens is 242 g/mol. The summed E-state index contributed by atoms with van der Waals surface area (Å²) >= 11 is 0. The van der Waals surface area contributed by atoms with Crippen molar-refractivity contribution in [2.24, 2.45) is 0 Å². The quantitative estimate of drug-likeness (QED) is 0.857. The first-order valence-corrected chi connectivity index (χ1v) is 6.70. The first-order valence-electron chi connectivity index (χ1n) is 6.70. The fourth-order valence-corrected chi connectivity index (χ4v) is 2.25. The molecule has 1 aliphatic carbocycles. The Labute approximate surface area is 114 Å². The van der Waals surface area contributed by atoms with E-state index < -0.39 is 12.0 Å². The van der Waals surface area contributed by atoms with Crippen molar-refractivity contribution in [1.82, 2.24) is 4.90 Å². The highest BCUT2D eigenvalue weighted by molar-refractivity contribution is 5.75. The smallest absolute Gasteiger partial charge is 0.325 e. The van der Waals surface area contributed by atoms with E-state index in [0.717, 1.165) is 24.2 Å². The van der Waals surface area contributed by atoms with E-state index in [0.29, 0.717) is 6.04 Å². The van der Waals surface area contributed by atoms with Crippen LogP contribution in [-0.4, -0.2) is 35.2 Å². The number of aliphatic carboxylic acids is 1. The van der Waals surface area contributed by atoms with Crippen molar-refractivity contribution in [3.05, 3.63) is 29.8 Å². The zero-order valence-electron chi connectivity index (χ0n) is 11.7. The van der Waals surface area contributed by atoms with E-state index in [1.165, 1.54) is 0 Å². The molecule has 0 aromatic heterocycles. The fraction of sp³-hybridized carbons (Fsp3) is 0.533. The van der Waals surface area contributed by atoms with Crippen molar-refractivity contribution in [3.8, 4) is 5.75 Å². The van der Waals surface area contributed by atoms with Crippen molar-refractivity contribution < 1.29 is 14.6 Å². The average molecular weight is 263 g/mol. The largest absolute Gasteiger partial charge is 0.491 e. The van der Waals surface area contributed by atoms with Gasteiger partial charge < -0.3 is 9.84 Å². The van der Waals surface area contributed by atoms with Gasteiger partial charge in [0.2, 0.25) is 0 Å². The van der Waals surface area contributed by atoms with E-state index in [2.05, 4.69) is 0 Å². The molecule has 1 aromatic rings. The summed E-state index contributed by atoms with van der Waals surface area (Å²) in [5.74, 6) is -0.0242. The van der Waals surface area contributed by atoms with Crippen LogP contribution in [0.25, 0.3) is 0 Å². The Hall–Kier alpha value is -1.55. The number of carboxylic acid groups (broad SMARTS) is 1. The fourth-order valence-electron chi connectivity index (χ4n) is 2.25. The Kier molecular flexibility index (Phi) is 4.10. The lowest BCUT2D eigenvalue weighted by Crippen LogP contribution is -2.32. The molecule has 1 unspecified atom stereocenters. The second-order valence-electron chi connectivity index (χ2n) is 5.37. The summed E-state index contributed by atoms with van der Waals surface area (Å²) in [6, 6.07) is 7.20. The Bertz CT molecular complexity index is 437. The summed E-state index contributed by atoms with van der Waals surface area (Å²) in [5.41, 5.74) is 0.804. The van der Waals surface area contributed by atoms with Crippen molar-refractivity contribution in [2.75, 3.05) is 7.05 Å². The third-order valence-electron chi connectivity index (χ3n) is 3.33. The molecule has 0 amide bonds. The van der Waals surface area contributed by atoms with Gasteiger partial charge in [-0.3, -0.25) is 9.69 Å². The van der Waals surface area contributed by atoms with Gasteiger partial charge in [0.05, 0.1) is 6.10 Å². The molecule has 0 radical (unpaired) electrons. The van der Waals surface area contributed by atoms with Gasteiger partial charge >= 0.3 is 5.97 Å². The van der Waals surface area contributed by atoms with Crippen molar-refractivity contribution in [2.45, 2.75) is 44.9 Å². The van der Waals surface area contributed by atoms with Crippen LogP contribution in [-0.2, 0) is 4.79 Å². The molecule has 0 spiro atoms. The highest BCUT2D eigenvalue weighted by Gasteiger charge is 2.35. The summed E-state index contributed by atoms with van der Waals surface area (Å²) in [7, 11) is 1.88. The number of ether oxygens (including phenoxy) is 1. The SMILES string of the molecule is CC(C)Oc1ccc(C(C(=O)O)N(C)C2CC2)cc1. The van der Waals surface area contributed by atoms with E-state index in [4.69, 9.17) is 4.74 Å². The second-order valence-corrected chi connectivity index (χ2v) is 5.37. The zero-order chi connectivity index (χ0) is 14.0. The van der Waals surface area contributed by atoms with Crippen molar-refractivity contribution >= 4 is 5.97 Å². The molecule has 2 rings (SSSR count). The number of likely N-dealkylation sites (N-methyl/N-ethyl adjacent to an activating group) is 1. The normalized spacial score (nSPS) is 16.7. The Balaban J connectivity index is 2.15. The molecule has 1 atom stereocenters. The summed E-state index contributed by atoms with van der Waals surface area (Å²) in [4.78, 5) is 13.4. The lowest BCUT2D eigenvalue weighted by molar-refractivity contribution is -0.143. The summed E-state index contributed by atoms with van der Waals surface area (Å²) in [6.07, 6.45) is 2.30. The first-order chi connectivity index (χ1) is 8.99. The molecule has 1 aliphatic rings. The van der Waals surface area contributed by atoms with Crippen molar-refractivity contribution in [3.63, 3.8) is 0 Å². The van der Waals surface area contributed by atoms with Crippen LogP contribution in [0.1, 0.15) is 38.3 Å². The van der Waals surface area contributed by atoms with Gasteiger partial charge in [-0.05, 0) is 51.4 Å². The monoisotopic (exact) mass is 263 g/mol. The highest BCUT2D eigenvalue weighted by Crippen LogP contribution is 2.33. The molecule has 0 aliphatic heterocycles. The predicted molar refractivity (Wildman–Crippen MR) is 73.4 cm³/mol. The van der Waals surface area contributed by atoms with Crippen LogP contribution in [0.5, 0.6) is 5.75 Å². The minimum Gasteiger partial charge on any atom is -0.491 e. The lowest BCUT2D eigenvalue weighted by Gasteiger charge is -2.24. The zero-order valence-corrected chi connectivity index (χ0v) is 11.7. The topological polar surface area (TPSA) is 49.8 Å². The molecule has 19 heavy (non-hydrogen) atoms. The number of hydrogen-bond donors (Lipinski definition) is 1. The van der Waals surface area contributed by atoms with Crippen LogP contribution < -0.4 is 4.74 Å². The summed E-state index contributed by atoms with van der Waals surface area (Å²) in [5, 5.41) is 9.42. The van der Waals surface area contributed by atoms with Crippen LogP contribution in [0, 0.1) is 0 Å². The molecular formula is C15H21NO3. The maximum atomic E-state index is 11.5. The molecule has 1 N–H and O–H groups in total. The van der Waals surface area contributed by atoms with Crippen molar-refractivity contribution in [1.29, 1.82) is 0 Å². The molecule has 4 heteroatoms. The maximum Gasteiger partial charge on any atom is 0.325 e. The van der Waals surface area contributed by atoms with Crippen LogP contribution in [0.4, 0.5) is 0 Å². The predicted octanol–water partition coefficient (Wildman–Crippen LogP) is 2.69. The minimum atomic E-state index is -0.799. The number of hydrogen-bond acceptors (Lipinski definition) is 3. The maximum absolute atomic E-state index is 11.5. The lowest BCUT2D eigenvalue weighted by atomic mass is 10.1. The van der Waals surface area contributed by atoms with Gasteiger partial charge in [0.25, 0.3) is 0 Å². The standard InChI is InChI=1S/C15H21NO3/c1-10(2)19-13-8-4-11(5-9-13)14(15(17)18)16(3)12-6-7-12/h4-5,8-10,12,14H,6-7H2,1-3H3,(H,17,18). The van der Waals surface area contributed by atoms with E-state index in [-0.39, 0.29) is 6.10 Å². The number of benzene rings is 1. The molecule has 1 aromatic carbocycles. The molecule has 4 nitrogen and oxygen atoms in total. The molecule has 0 bridgehead atoms. The van der Waals surface area contributed by atoms with Crippen LogP contribution in [0.2, 0.25) is 0 Å². The molecule has 1 fully saturated rings. The van der Waals surface area contributed by atoms with Crippen LogP contribution in [0.15, 0.2) is 24.3 Å². The third kappa shape index (κ3) is 3.47. The summed E-state index contributed by atoms with van der Waals surface area (Å²) < 4.78 is 5.57.